The first kappa shape index (κ1) is 10.8. The molecule has 14 heavy (non-hydrogen) atoms. The maximum atomic E-state index is 10.5. The Morgan fingerprint density at radius 2 is 2.14 bits per heavy atom. The van der Waals surface area contributed by atoms with Gasteiger partial charge >= 0.3 is 13.0 Å². The zero-order valence-electron chi connectivity index (χ0n) is 6.75. The van der Waals surface area contributed by atoms with Gasteiger partial charge in [0.1, 0.15) is 5.02 Å². The van der Waals surface area contributed by atoms with Crippen LogP contribution in [0.5, 0.6) is 5.75 Å². The molecule has 0 atom stereocenters. The van der Waals surface area contributed by atoms with Gasteiger partial charge in [0.15, 0.2) is 5.75 Å². The first-order valence-electron chi connectivity index (χ1n) is 3.48. The molecule has 1 aromatic carbocycles. The van der Waals surface area contributed by atoms with Crippen molar-refractivity contribution in [2.45, 2.75) is 0 Å². The summed E-state index contributed by atoms with van der Waals surface area (Å²) < 4.78 is 4.37. The molecule has 0 saturated carbocycles. The minimum atomic E-state index is -2.12. The molecule has 0 unspecified atom stereocenters. The Bertz CT molecular complexity index is 358. The van der Waals surface area contributed by atoms with Crippen molar-refractivity contribution in [2.75, 3.05) is 0 Å². The fourth-order valence-corrected chi connectivity index (χ4v) is 1.12. The van der Waals surface area contributed by atoms with Crippen LogP contribution in [0.25, 0.3) is 0 Å². The van der Waals surface area contributed by atoms with Gasteiger partial charge in [0.25, 0.3) is 0 Å². The molecule has 0 radical (unpaired) electrons. The number of nitro benzene ring substituents is 1. The molecule has 1 aromatic rings. The number of para-hydroxylation sites is 1. The molecule has 0 fully saturated rings. The van der Waals surface area contributed by atoms with E-state index in [0.717, 1.165) is 0 Å². The van der Waals surface area contributed by atoms with Crippen molar-refractivity contribution in [1.82, 2.24) is 0 Å². The van der Waals surface area contributed by atoms with Gasteiger partial charge in [-0.3, -0.25) is 10.1 Å². The van der Waals surface area contributed by atoms with E-state index in [-0.39, 0.29) is 10.8 Å². The van der Waals surface area contributed by atoms with E-state index in [1.54, 1.807) is 0 Å². The number of nitrogens with zero attached hydrogens (tertiary/aromatic N) is 1. The third-order valence-corrected chi connectivity index (χ3v) is 1.67. The van der Waals surface area contributed by atoms with E-state index in [1.165, 1.54) is 18.2 Å². The summed E-state index contributed by atoms with van der Waals surface area (Å²) in [4.78, 5) is 9.74. The zero-order chi connectivity index (χ0) is 10.7. The molecule has 6 nitrogen and oxygen atoms in total. The van der Waals surface area contributed by atoms with Gasteiger partial charge in [-0.25, -0.2) is 0 Å². The summed E-state index contributed by atoms with van der Waals surface area (Å²) in [7, 11) is -2.12. The Labute approximate surface area is 84.0 Å². The summed E-state index contributed by atoms with van der Waals surface area (Å²) in [6.45, 7) is 0. The normalized spacial score (nSPS) is 9.64. The van der Waals surface area contributed by atoms with Gasteiger partial charge in [0.05, 0.1) is 4.92 Å². The fourth-order valence-electron chi connectivity index (χ4n) is 0.881. The monoisotopic (exact) mass is 217 g/mol. The van der Waals surface area contributed by atoms with Gasteiger partial charge in [0, 0.05) is 0 Å². The average Bonchev–Trinajstić information content (AvgIpc) is 2.01. The number of rotatable bonds is 3. The Morgan fingerprint density at radius 3 is 2.64 bits per heavy atom. The SMILES string of the molecule is O=[N+]([O-])c1c(Cl)cccc1OB(O)O. The van der Waals surface area contributed by atoms with Crippen LogP contribution in [0.15, 0.2) is 18.2 Å². The third kappa shape index (κ3) is 2.35. The Kier molecular flexibility index (Phi) is 3.29. The zero-order valence-corrected chi connectivity index (χ0v) is 7.51. The highest BCUT2D eigenvalue weighted by Gasteiger charge is 2.23. The Hall–Kier alpha value is -1.31. The van der Waals surface area contributed by atoms with Crippen molar-refractivity contribution in [3.05, 3.63) is 33.3 Å². The first-order valence-corrected chi connectivity index (χ1v) is 3.86. The van der Waals surface area contributed by atoms with Crippen molar-refractivity contribution in [3.63, 3.8) is 0 Å². The molecular weight excluding hydrogens is 212 g/mol. The lowest BCUT2D eigenvalue weighted by Gasteiger charge is -2.05. The number of nitro groups is 1. The standard InChI is InChI=1S/C6H5BClNO5/c8-4-2-1-3-5(14-7(10)11)6(4)9(12)13/h1-3,10-11H. The lowest BCUT2D eigenvalue weighted by molar-refractivity contribution is -0.385. The topological polar surface area (TPSA) is 92.8 Å². The van der Waals surface area contributed by atoms with Crippen LogP contribution in [0.4, 0.5) is 5.69 Å². The van der Waals surface area contributed by atoms with E-state index in [4.69, 9.17) is 21.6 Å². The number of benzene rings is 1. The van der Waals surface area contributed by atoms with Crippen LogP contribution in [-0.4, -0.2) is 22.3 Å². The van der Waals surface area contributed by atoms with Crippen LogP contribution in [0, 0.1) is 10.1 Å². The van der Waals surface area contributed by atoms with Crippen LogP contribution < -0.4 is 4.65 Å². The molecule has 0 amide bonds. The summed E-state index contributed by atoms with van der Waals surface area (Å²) in [5.74, 6) is -0.294. The summed E-state index contributed by atoms with van der Waals surface area (Å²) in [5, 5.41) is 27.3. The van der Waals surface area contributed by atoms with Crippen LogP contribution in [0.1, 0.15) is 0 Å². The molecule has 0 aromatic heterocycles. The highest BCUT2D eigenvalue weighted by Crippen LogP contribution is 2.34. The molecule has 2 N–H and O–H groups in total. The second kappa shape index (κ2) is 4.27. The van der Waals surface area contributed by atoms with Gasteiger partial charge in [-0.05, 0) is 12.1 Å². The van der Waals surface area contributed by atoms with E-state index in [9.17, 15) is 10.1 Å². The van der Waals surface area contributed by atoms with Crippen LogP contribution in [0.3, 0.4) is 0 Å². The number of hydrogen-bond acceptors (Lipinski definition) is 5. The molecule has 0 heterocycles. The van der Waals surface area contributed by atoms with Crippen LogP contribution >= 0.6 is 11.6 Å². The molecule has 0 aliphatic heterocycles. The van der Waals surface area contributed by atoms with Gasteiger partial charge in [-0.15, -0.1) is 0 Å². The van der Waals surface area contributed by atoms with E-state index in [0.29, 0.717) is 0 Å². The molecule has 0 aliphatic carbocycles. The second-order valence-electron chi connectivity index (χ2n) is 2.29. The van der Waals surface area contributed by atoms with E-state index in [1.807, 2.05) is 0 Å². The molecule has 74 valence electrons. The quantitative estimate of drug-likeness (QED) is 0.439. The highest BCUT2D eigenvalue weighted by atomic mass is 35.5. The van der Waals surface area contributed by atoms with Gasteiger partial charge in [0.2, 0.25) is 0 Å². The van der Waals surface area contributed by atoms with Crippen LogP contribution in [-0.2, 0) is 0 Å². The maximum Gasteiger partial charge on any atom is 0.707 e. The minimum absolute atomic E-state index is 0.131. The molecule has 1 rings (SSSR count). The summed E-state index contributed by atoms with van der Waals surface area (Å²) in [5.41, 5.74) is -0.498. The van der Waals surface area contributed by atoms with Crippen LogP contribution in [0.2, 0.25) is 5.02 Å². The van der Waals surface area contributed by atoms with Gasteiger partial charge < -0.3 is 14.7 Å². The van der Waals surface area contributed by atoms with Crippen molar-refractivity contribution >= 4 is 24.6 Å². The summed E-state index contributed by atoms with van der Waals surface area (Å²) in [6.07, 6.45) is 0. The minimum Gasteiger partial charge on any atom is -0.507 e. The fraction of sp³-hybridized carbons (Fsp3) is 0. The average molecular weight is 217 g/mol. The van der Waals surface area contributed by atoms with Crippen molar-refractivity contribution in [1.29, 1.82) is 0 Å². The lowest BCUT2D eigenvalue weighted by Crippen LogP contribution is -2.21. The summed E-state index contributed by atoms with van der Waals surface area (Å²) in [6, 6.07) is 3.91. The predicted molar refractivity (Wildman–Crippen MR) is 48.9 cm³/mol. The number of halogens is 1. The van der Waals surface area contributed by atoms with Gasteiger partial charge in [-0.2, -0.15) is 0 Å². The molecule has 0 saturated heterocycles. The smallest absolute Gasteiger partial charge is 0.507 e. The molecule has 0 aliphatic rings. The lowest BCUT2D eigenvalue weighted by atomic mass is 10.2. The Balaban J connectivity index is 3.14. The molecule has 0 spiro atoms. The van der Waals surface area contributed by atoms with E-state index in [2.05, 4.69) is 4.65 Å². The highest BCUT2D eigenvalue weighted by molar-refractivity contribution is 6.35. The molecule has 8 heteroatoms. The van der Waals surface area contributed by atoms with E-state index >= 15 is 0 Å². The largest absolute Gasteiger partial charge is 0.707 e. The first-order chi connectivity index (χ1) is 6.52. The number of hydrogen-bond donors (Lipinski definition) is 2. The Morgan fingerprint density at radius 1 is 1.50 bits per heavy atom. The molecule has 0 bridgehead atoms. The van der Waals surface area contributed by atoms with Crippen molar-refractivity contribution < 1.29 is 19.6 Å². The maximum absolute atomic E-state index is 10.5. The predicted octanol–water partition coefficient (Wildman–Crippen LogP) is 0.596. The van der Waals surface area contributed by atoms with Crippen molar-refractivity contribution in [2.24, 2.45) is 0 Å². The van der Waals surface area contributed by atoms with Crippen molar-refractivity contribution in [3.8, 4) is 5.75 Å². The molecular formula is C6H5BClNO5. The second-order valence-corrected chi connectivity index (χ2v) is 2.70. The van der Waals surface area contributed by atoms with Gasteiger partial charge in [-0.1, -0.05) is 17.7 Å². The van der Waals surface area contributed by atoms with E-state index < -0.39 is 17.9 Å². The third-order valence-electron chi connectivity index (χ3n) is 1.36. The summed E-state index contributed by atoms with van der Waals surface area (Å²) >= 11 is 5.52.